The molecule has 2 heteroatoms. The van der Waals surface area contributed by atoms with Gasteiger partial charge in [0.1, 0.15) is 0 Å². The maximum atomic E-state index is 2.74. The van der Waals surface area contributed by atoms with Crippen molar-refractivity contribution in [3.05, 3.63) is 18.8 Å². The maximum Gasteiger partial charge on any atom is 0.0665 e. The van der Waals surface area contributed by atoms with Crippen molar-refractivity contribution in [2.24, 2.45) is 0 Å². The van der Waals surface area contributed by atoms with Gasteiger partial charge in [0.2, 0.25) is 0 Å². The highest BCUT2D eigenvalue weighted by molar-refractivity contribution is 4.95. The predicted molar refractivity (Wildman–Crippen MR) is 19.7 cm³/mol. The van der Waals surface area contributed by atoms with Crippen molar-refractivity contribution in [2.75, 3.05) is 0 Å². The average Bonchev–Trinajstić information content (AvgIpc) is 1.76. The highest BCUT2D eigenvalue weighted by Crippen LogP contribution is 1.74. The van der Waals surface area contributed by atoms with E-state index in [1.165, 1.54) is 0 Å². The minimum Gasteiger partial charge on any atom is -0.328 e. The Balaban J connectivity index is 2.32. The standard InChI is InChI=1S/C3H5N2/c1-2-4-5-3-1/h1-5H. The third-order valence-electron chi connectivity index (χ3n) is 0.442. The molecular formula is C3H5N2. The molecule has 0 spiro atoms. The lowest BCUT2D eigenvalue weighted by Crippen LogP contribution is -2.16. The van der Waals surface area contributed by atoms with E-state index in [1.807, 2.05) is 18.8 Å². The summed E-state index contributed by atoms with van der Waals surface area (Å²) in [5.41, 5.74) is 5.47. The lowest BCUT2D eigenvalue weighted by Gasteiger charge is -1.83. The van der Waals surface area contributed by atoms with Crippen LogP contribution in [0.1, 0.15) is 0 Å². The molecule has 0 aromatic carbocycles. The molecule has 0 bridgehead atoms. The second-order valence-corrected chi connectivity index (χ2v) is 0.814. The van der Waals surface area contributed by atoms with E-state index in [9.17, 15) is 0 Å². The van der Waals surface area contributed by atoms with Crippen molar-refractivity contribution in [3.63, 3.8) is 0 Å². The normalized spacial score (nSPS) is 19.2. The van der Waals surface area contributed by atoms with Gasteiger partial charge in [-0.05, 0) is 6.08 Å². The topological polar surface area (TPSA) is 24.1 Å². The summed E-state index contributed by atoms with van der Waals surface area (Å²) >= 11 is 0. The third-order valence-corrected chi connectivity index (χ3v) is 0.442. The van der Waals surface area contributed by atoms with E-state index in [4.69, 9.17) is 0 Å². The predicted octanol–water partition coefficient (Wildman–Crippen LogP) is -0.230. The molecule has 1 aliphatic heterocycles. The van der Waals surface area contributed by atoms with E-state index in [0.29, 0.717) is 0 Å². The lowest BCUT2D eigenvalue weighted by molar-refractivity contribution is 0.781. The Morgan fingerprint density at radius 3 is 2.40 bits per heavy atom. The van der Waals surface area contributed by atoms with Crippen molar-refractivity contribution in [1.29, 1.82) is 0 Å². The smallest absolute Gasteiger partial charge is 0.0665 e. The summed E-state index contributed by atoms with van der Waals surface area (Å²) < 4.78 is 0. The van der Waals surface area contributed by atoms with Crippen molar-refractivity contribution in [2.45, 2.75) is 0 Å². The van der Waals surface area contributed by atoms with E-state index in [0.717, 1.165) is 0 Å². The highest BCUT2D eigenvalue weighted by Gasteiger charge is 1.79. The first-order valence-corrected chi connectivity index (χ1v) is 1.49. The molecule has 1 rings (SSSR count). The van der Waals surface area contributed by atoms with Crippen molar-refractivity contribution < 1.29 is 0 Å². The van der Waals surface area contributed by atoms with Crippen LogP contribution in [0.3, 0.4) is 0 Å². The number of hydrazine groups is 1. The summed E-state index contributed by atoms with van der Waals surface area (Å²) in [6.45, 7) is 1.82. The molecule has 0 aliphatic carbocycles. The molecule has 0 fully saturated rings. The molecule has 1 radical (unpaired) electrons. The summed E-state index contributed by atoms with van der Waals surface area (Å²) in [5.74, 6) is 0. The lowest BCUT2D eigenvalue weighted by atomic mass is 10.7. The average molecular weight is 69.1 g/mol. The van der Waals surface area contributed by atoms with Gasteiger partial charge in [-0.3, -0.25) is 0 Å². The van der Waals surface area contributed by atoms with Crippen LogP contribution < -0.4 is 10.9 Å². The maximum absolute atomic E-state index is 2.74. The van der Waals surface area contributed by atoms with Gasteiger partial charge in [0.05, 0.1) is 6.54 Å². The Labute approximate surface area is 30.8 Å². The molecule has 0 unspecified atom stereocenters. The molecule has 2 nitrogen and oxygen atoms in total. The first kappa shape index (κ1) is 2.72. The largest absolute Gasteiger partial charge is 0.328 e. The molecule has 0 aromatic rings. The number of rotatable bonds is 0. The van der Waals surface area contributed by atoms with Crippen LogP contribution in [0.25, 0.3) is 0 Å². The Morgan fingerprint density at radius 2 is 2.20 bits per heavy atom. The molecule has 0 saturated carbocycles. The minimum atomic E-state index is 1.82. The zero-order valence-corrected chi connectivity index (χ0v) is 2.73. The molecule has 27 valence electrons. The number of hydrogen-bond donors (Lipinski definition) is 2. The van der Waals surface area contributed by atoms with Crippen LogP contribution in [0.5, 0.6) is 0 Å². The van der Waals surface area contributed by atoms with Crippen LogP contribution in [0, 0.1) is 6.54 Å². The Hall–Kier alpha value is -0.500. The Morgan fingerprint density at radius 1 is 1.20 bits per heavy atom. The van der Waals surface area contributed by atoms with Crippen LogP contribution in [0.4, 0.5) is 0 Å². The summed E-state index contributed by atoms with van der Waals surface area (Å²) in [6.07, 6.45) is 3.71. The fraction of sp³-hybridized carbons (Fsp3) is 0. The molecular weight excluding hydrogens is 64.0 g/mol. The fourth-order valence-corrected chi connectivity index (χ4v) is 0.241. The van der Waals surface area contributed by atoms with Gasteiger partial charge in [-0.25, -0.2) is 5.43 Å². The highest BCUT2D eigenvalue weighted by atomic mass is 15.4. The van der Waals surface area contributed by atoms with E-state index in [1.54, 1.807) is 0 Å². The van der Waals surface area contributed by atoms with Gasteiger partial charge in [0.25, 0.3) is 0 Å². The number of hydrogen-bond acceptors (Lipinski definition) is 2. The molecule has 0 amide bonds. The molecule has 0 atom stereocenters. The quantitative estimate of drug-likeness (QED) is 0.410. The van der Waals surface area contributed by atoms with E-state index in [2.05, 4.69) is 10.9 Å². The molecule has 5 heavy (non-hydrogen) atoms. The van der Waals surface area contributed by atoms with Gasteiger partial charge in [-0.1, -0.05) is 0 Å². The second kappa shape index (κ2) is 1.08. The molecule has 2 N–H and O–H groups in total. The van der Waals surface area contributed by atoms with Gasteiger partial charge in [-0.15, -0.1) is 0 Å². The molecule has 0 aromatic heterocycles. The SMILES string of the molecule is [CH]1C=CNN1. The van der Waals surface area contributed by atoms with E-state index < -0.39 is 0 Å². The van der Waals surface area contributed by atoms with Crippen LogP contribution in [0.15, 0.2) is 12.3 Å². The Kier molecular flexibility index (Phi) is 0.588. The summed E-state index contributed by atoms with van der Waals surface area (Å²) in [7, 11) is 0. The first-order chi connectivity index (χ1) is 2.50. The Bertz CT molecular complexity index is 42.9. The van der Waals surface area contributed by atoms with E-state index in [-0.39, 0.29) is 0 Å². The first-order valence-electron chi connectivity index (χ1n) is 1.49. The molecule has 1 heterocycles. The van der Waals surface area contributed by atoms with Crippen molar-refractivity contribution >= 4 is 0 Å². The van der Waals surface area contributed by atoms with Crippen molar-refractivity contribution in [1.82, 2.24) is 10.9 Å². The second-order valence-electron chi connectivity index (χ2n) is 0.814. The molecule has 1 aliphatic rings. The third kappa shape index (κ3) is 0.389. The number of nitrogens with one attached hydrogen (secondary N) is 2. The molecule has 0 saturated heterocycles. The van der Waals surface area contributed by atoms with Crippen LogP contribution in [-0.2, 0) is 0 Å². The van der Waals surface area contributed by atoms with Crippen LogP contribution >= 0.6 is 0 Å². The van der Waals surface area contributed by atoms with Gasteiger partial charge in [0.15, 0.2) is 0 Å². The zero-order chi connectivity index (χ0) is 3.54. The zero-order valence-electron chi connectivity index (χ0n) is 2.73. The summed E-state index contributed by atoms with van der Waals surface area (Å²) in [5, 5.41) is 0. The summed E-state index contributed by atoms with van der Waals surface area (Å²) in [4.78, 5) is 0. The van der Waals surface area contributed by atoms with Gasteiger partial charge >= 0.3 is 0 Å². The monoisotopic (exact) mass is 69.0 g/mol. The minimum absolute atomic E-state index is 1.82. The van der Waals surface area contributed by atoms with Crippen LogP contribution in [-0.4, -0.2) is 0 Å². The van der Waals surface area contributed by atoms with Gasteiger partial charge in [-0.2, -0.15) is 0 Å². The fourth-order valence-electron chi connectivity index (χ4n) is 0.241. The van der Waals surface area contributed by atoms with Crippen LogP contribution in [0.2, 0.25) is 0 Å². The van der Waals surface area contributed by atoms with E-state index >= 15 is 0 Å². The van der Waals surface area contributed by atoms with Gasteiger partial charge in [0, 0.05) is 6.20 Å². The van der Waals surface area contributed by atoms with Crippen molar-refractivity contribution in [3.8, 4) is 0 Å². The van der Waals surface area contributed by atoms with Gasteiger partial charge < -0.3 is 5.43 Å². The summed E-state index contributed by atoms with van der Waals surface area (Å²) in [6, 6.07) is 0.